The van der Waals surface area contributed by atoms with Gasteiger partial charge in [0, 0.05) is 17.3 Å². The van der Waals surface area contributed by atoms with E-state index in [1.165, 1.54) is 0 Å². The van der Waals surface area contributed by atoms with Gasteiger partial charge in [-0.1, -0.05) is 15.9 Å². The quantitative estimate of drug-likeness (QED) is 0.799. The molecule has 0 aliphatic heterocycles. The first kappa shape index (κ1) is 10.6. The molecule has 2 aromatic heterocycles. The van der Waals surface area contributed by atoms with Gasteiger partial charge in [-0.15, -0.1) is 0 Å². The van der Waals surface area contributed by atoms with Crippen molar-refractivity contribution in [2.45, 2.75) is 12.8 Å². The van der Waals surface area contributed by atoms with Crippen LogP contribution in [0.4, 0.5) is 0 Å². The smallest absolute Gasteiger partial charge is 0.107 e. The van der Waals surface area contributed by atoms with Crippen molar-refractivity contribution in [1.82, 2.24) is 9.97 Å². The Labute approximate surface area is 107 Å². The lowest BCUT2D eigenvalue weighted by molar-refractivity contribution is 0.507. The molecule has 0 bridgehead atoms. The van der Waals surface area contributed by atoms with E-state index in [-0.39, 0.29) is 0 Å². The van der Waals surface area contributed by atoms with Gasteiger partial charge in [-0.3, -0.25) is 0 Å². The van der Waals surface area contributed by atoms with Crippen molar-refractivity contribution in [3.8, 4) is 0 Å². The van der Waals surface area contributed by atoms with E-state index in [0.717, 1.165) is 39.9 Å². The predicted molar refractivity (Wildman–Crippen MR) is 69.9 cm³/mol. The molecule has 4 heteroatoms. The summed E-state index contributed by atoms with van der Waals surface area (Å²) in [7, 11) is 0. The summed E-state index contributed by atoms with van der Waals surface area (Å²) in [5, 5.41) is 0. The molecule has 0 amide bonds. The second-order valence-electron chi connectivity index (χ2n) is 3.92. The number of aromatic nitrogens is 2. The van der Waals surface area contributed by atoms with E-state index in [0.29, 0.717) is 0 Å². The molecule has 3 aromatic rings. The molecule has 0 spiro atoms. The van der Waals surface area contributed by atoms with Gasteiger partial charge in [-0.05, 0) is 30.3 Å². The van der Waals surface area contributed by atoms with E-state index in [4.69, 9.17) is 4.42 Å². The number of rotatable bonds is 3. The van der Waals surface area contributed by atoms with Gasteiger partial charge in [0.1, 0.15) is 11.6 Å². The molecule has 86 valence electrons. The van der Waals surface area contributed by atoms with Crippen LogP contribution in [0, 0.1) is 0 Å². The second kappa shape index (κ2) is 4.37. The molecule has 0 radical (unpaired) electrons. The first-order valence-corrected chi connectivity index (χ1v) is 6.27. The Balaban J connectivity index is 1.81. The number of nitrogens with zero attached hydrogens (tertiary/aromatic N) is 1. The molecule has 0 aliphatic carbocycles. The third-order valence-electron chi connectivity index (χ3n) is 2.68. The third kappa shape index (κ3) is 2.26. The molecule has 17 heavy (non-hydrogen) atoms. The van der Waals surface area contributed by atoms with E-state index in [9.17, 15) is 0 Å². The number of furan rings is 1. The highest BCUT2D eigenvalue weighted by Gasteiger charge is 2.04. The van der Waals surface area contributed by atoms with Crippen LogP contribution in [0.2, 0.25) is 0 Å². The maximum Gasteiger partial charge on any atom is 0.107 e. The Morgan fingerprint density at radius 1 is 1.24 bits per heavy atom. The number of benzene rings is 1. The lowest BCUT2D eigenvalue weighted by Crippen LogP contribution is -1.91. The summed E-state index contributed by atoms with van der Waals surface area (Å²) in [4.78, 5) is 7.85. The highest BCUT2D eigenvalue weighted by atomic mass is 79.9. The predicted octanol–water partition coefficient (Wildman–Crippen LogP) is 3.70. The van der Waals surface area contributed by atoms with Crippen molar-refractivity contribution in [2.24, 2.45) is 0 Å². The largest absolute Gasteiger partial charge is 0.469 e. The normalized spacial score (nSPS) is 11.1. The zero-order chi connectivity index (χ0) is 11.7. The van der Waals surface area contributed by atoms with Crippen LogP contribution in [-0.2, 0) is 12.8 Å². The first-order chi connectivity index (χ1) is 8.31. The zero-order valence-electron chi connectivity index (χ0n) is 9.11. The molecule has 3 nitrogen and oxygen atoms in total. The van der Waals surface area contributed by atoms with Crippen LogP contribution in [0.15, 0.2) is 45.5 Å². The number of aromatic amines is 1. The number of hydrogen-bond acceptors (Lipinski definition) is 2. The van der Waals surface area contributed by atoms with Crippen LogP contribution in [0.25, 0.3) is 11.0 Å². The Morgan fingerprint density at radius 3 is 3.00 bits per heavy atom. The van der Waals surface area contributed by atoms with Gasteiger partial charge in [-0.2, -0.15) is 0 Å². The fraction of sp³-hybridized carbons (Fsp3) is 0.154. The molecule has 0 saturated heterocycles. The molecule has 3 rings (SSSR count). The van der Waals surface area contributed by atoms with E-state index >= 15 is 0 Å². The Hall–Kier alpha value is -1.55. The Morgan fingerprint density at radius 2 is 2.18 bits per heavy atom. The minimum absolute atomic E-state index is 0.861. The molecule has 1 aromatic carbocycles. The summed E-state index contributed by atoms with van der Waals surface area (Å²) in [6, 6.07) is 9.94. The minimum Gasteiger partial charge on any atom is -0.469 e. The standard InChI is InChI=1S/C13H11BrN2O/c14-9-3-5-11-12(8-9)16-13(15-11)6-4-10-2-1-7-17-10/h1-3,5,7-8H,4,6H2,(H,15,16). The van der Waals surface area contributed by atoms with Crippen molar-refractivity contribution >= 4 is 27.0 Å². The van der Waals surface area contributed by atoms with Crippen molar-refractivity contribution in [3.05, 3.63) is 52.7 Å². The Kier molecular flexibility index (Phi) is 2.73. The minimum atomic E-state index is 0.861. The number of imidazole rings is 1. The maximum absolute atomic E-state index is 5.30. The van der Waals surface area contributed by atoms with Gasteiger partial charge < -0.3 is 9.40 Å². The molecule has 2 heterocycles. The highest BCUT2D eigenvalue weighted by Crippen LogP contribution is 2.18. The van der Waals surface area contributed by atoms with Crippen LogP contribution in [-0.4, -0.2) is 9.97 Å². The summed E-state index contributed by atoms with van der Waals surface area (Å²) >= 11 is 3.45. The van der Waals surface area contributed by atoms with E-state index in [1.54, 1.807) is 6.26 Å². The lowest BCUT2D eigenvalue weighted by Gasteiger charge is -1.93. The zero-order valence-corrected chi connectivity index (χ0v) is 10.7. The van der Waals surface area contributed by atoms with Crippen molar-refractivity contribution < 1.29 is 4.42 Å². The monoisotopic (exact) mass is 290 g/mol. The SMILES string of the molecule is Brc1ccc2nc(CCc3ccco3)[nH]c2c1. The fourth-order valence-electron chi connectivity index (χ4n) is 1.85. The average molecular weight is 291 g/mol. The summed E-state index contributed by atoms with van der Waals surface area (Å²) in [5.41, 5.74) is 2.07. The Bertz CT molecular complexity index is 628. The van der Waals surface area contributed by atoms with Gasteiger partial charge in [0.15, 0.2) is 0 Å². The van der Waals surface area contributed by atoms with Crippen LogP contribution >= 0.6 is 15.9 Å². The maximum atomic E-state index is 5.30. The summed E-state index contributed by atoms with van der Waals surface area (Å²) in [6.45, 7) is 0. The fourth-order valence-corrected chi connectivity index (χ4v) is 2.21. The number of H-pyrrole nitrogens is 1. The summed E-state index contributed by atoms with van der Waals surface area (Å²) in [5.74, 6) is 1.99. The average Bonchev–Trinajstić information content (AvgIpc) is 2.94. The van der Waals surface area contributed by atoms with Crippen LogP contribution < -0.4 is 0 Å². The van der Waals surface area contributed by atoms with Crippen LogP contribution in [0.5, 0.6) is 0 Å². The van der Waals surface area contributed by atoms with Crippen LogP contribution in [0.1, 0.15) is 11.6 Å². The number of fused-ring (bicyclic) bond motifs is 1. The van der Waals surface area contributed by atoms with E-state index in [2.05, 4.69) is 25.9 Å². The molecule has 0 atom stereocenters. The first-order valence-electron chi connectivity index (χ1n) is 5.48. The van der Waals surface area contributed by atoms with Gasteiger partial charge in [0.2, 0.25) is 0 Å². The molecule has 0 unspecified atom stereocenters. The second-order valence-corrected chi connectivity index (χ2v) is 4.84. The van der Waals surface area contributed by atoms with E-state index < -0.39 is 0 Å². The molecular formula is C13H11BrN2O. The van der Waals surface area contributed by atoms with Gasteiger partial charge >= 0.3 is 0 Å². The molecule has 0 fully saturated rings. The van der Waals surface area contributed by atoms with Crippen LogP contribution in [0.3, 0.4) is 0 Å². The van der Waals surface area contributed by atoms with Crippen molar-refractivity contribution in [2.75, 3.05) is 0 Å². The molecule has 0 aliphatic rings. The number of hydrogen-bond donors (Lipinski definition) is 1. The van der Waals surface area contributed by atoms with Gasteiger partial charge in [0.25, 0.3) is 0 Å². The topological polar surface area (TPSA) is 41.8 Å². The number of nitrogens with one attached hydrogen (secondary N) is 1. The van der Waals surface area contributed by atoms with Gasteiger partial charge in [-0.25, -0.2) is 4.98 Å². The van der Waals surface area contributed by atoms with Crippen molar-refractivity contribution in [1.29, 1.82) is 0 Å². The third-order valence-corrected chi connectivity index (χ3v) is 3.17. The summed E-state index contributed by atoms with van der Waals surface area (Å²) in [6.07, 6.45) is 3.43. The highest BCUT2D eigenvalue weighted by molar-refractivity contribution is 9.10. The number of halogens is 1. The van der Waals surface area contributed by atoms with E-state index in [1.807, 2.05) is 30.3 Å². The summed E-state index contributed by atoms with van der Waals surface area (Å²) < 4.78 is 6.36. The van der Waals surface area contributed by atoms with Gasteiger partial charge in [0.05, 0.1) is 17.3 Å². The van der Waals surface area contributed by atoms with Crippen molar-refractivity contribution in [3.63, 3.8) is 0 Å². The molecule has 1 N–H and O–H groups in total. The molecule has 0 saturated carbocycles. The molecular weight excluding hydrogens is 280 g/mol. The lowest BCUT2D eigenvalue weighted by atomic mass is 10.2. The number of aryl methyl sites for hydroxylation is 2.